The van der Waals surface area contributed by atoms with Crippen LogP contribution < -0.4 is 9.64 Å². The lowest BCUT2D eigenvalue weighted by atomic mass is 9.99. The Balaban J connectivity index is 1.89. The van der Waals surface area contributed by atoms with Gasteiger partial charge in [0.1, 0.15) is 17.3 Å². The Morgan fingerprint density at radius 2 is 1.73 bits per heavy atom. The molecule has 1 heterocycles. The van der Waals surface area contributed by atoms with Crippen LogP contribution in [0.5, 0.6) is 11.5 Å². The summed E-state index contributed by atoms with van der Waals surface area (Å²) in [6.45, 7) is 1.95. The molecular weight excluding hydrogens is 393 g/mol. The van der Waals surface area contributed by atoms with Crippen molar-refractivity contribution < 1.29 is 33.7 Å². The molecule has 0 aromatic heterocycles. The second-order valence-corrected chi connectivity index (χ2v) is 6.70. The number of carboxylic acids is 1. The van der Waals surface area contributed by atoms with Crippen LogP contribution in [0.2, 0.25) is 0 Å². The second kappa shape index (κ2) is 7.14. The zero-order valence-electron chi connectivity index (χ0n) is 15.8. The molecule has 0 unspecified atom stereocenters. The minimum Gasteiger partial charge on any atom is -0.506 e. The molecule has 0 saturated heterocycles. The molecule has 2 N–H and O–H groups in total. The Kier molecular flexibility index (Phi) is 4.62. The second-order valence-electron chi connectivity index (χ2n) is 6.70. The first-order valence-corrected chi connectivity index (χ1v) is 9.14. The lowest BCUT2D eigenvalue weighted by molar-refractivity contribution is -0.136. The molecule has 30 heavy (non-hydrogen) atoms. The van der Waals surface area contributed by atoms with Gasteiger partial charge in [0.15, 0.2) is 0 Å². The SMILES string of the molecule is CCOc1c2c(c(O)c3ccccc13)C(=O)N(c1ccc(CC(=O)O)c(F)c1)C2=O. The van der Waals surface area contributed by atoms with E-state index in [2.05, 4.69) is 0 Å². The summed E-state index contributed by atoms with van der Waals surface area (Å²) in [5.74, 6) is -3.82. The van der Waals surface area contributed by atoms with Crippen molar-refractivity contribution in [2.45, 2.75) is 13.3 Å². The molecule has 2 amide bonds. The Morgan fingerprint density at radius 1 is 1.07 bits per heavy atom. The van der Waals surface area contributed by atoms with E-state index in [4.69, 9.17) is 9.84 Å². The first kappa shape index (κ1) is 19.4. The van der Waals surface area contributed by atoms with Crippen molar-refractivity contribution in [1.29, 1.82) is 0 Å². The topological polar surface area (TPSA) is 104 Å². The summed E-state index contributed by atoms with van der Waals surface area (Å²) >= 11 is 0. The molecule has 0 radical (unpaired) electrons. The number of carboxylic acid groups (broad SMARTS) is 1. The van der Waals surface area contributed by atoms with Gasteiger partial charge in [0.05, 0.1) is 29.8 Å². The highest BCUT2D eigenvalue weighted by Gasteiger charge is 2.43. The van der Waals surface area contributed by atoms with Crippen LogP contribution in [0.15, 0.2) is 42.5 Å². The van der Waals surface area contributed by atoms with E-state index in [1.807, 2.05) is 0 Å². The van der Waals surface area contributed by atoms with Gasteiger partial charge in [-0.15, -0.1) is 0 Å². The fourth-order valence-electron chi connectivity index (χ4n) is 3.63. The third kappa shape index (κ3) is 2.85. The first-order chi connectivity index (χ1) is 14.3. The zero-order chi connectivity index (χ0) is 21.6. The number of phenols is 1. The highest BCUT2D eigenvalue weighted by atomic mass is 19.1. The maximum absolute atomic E-state index is 14.4. The molecule has 0 fully saturated rings. The first-order valence-electron chi connectivity index (χ1n) is 9.14. The Labute approximate surface area is 169 Å². The normalized spacial score (nSPS) is 13.1. The smallest absolute Gasteiger partial charge is 0.307 e. The van der Waals surface area contributed by atoms with Crippen LogP contribution in [-0.2, 0) is 11.2 Å². The van der Waals surface area contributed by atoms with Crippen molar-refractivity contribution in [1.82, 2.24) is 0 Å². The van der Waals surface area contributed by atoms with E-state index in [1.54, 1.807) is 31.2 Å². The molecule has 0 saturated carbocycles. The predicted octanol–water partition coefficient (Wildman–Crippen LogP) is 3.51. The van der Waals surface area contributed by atoms with Crippen molar-refractivity contribution in [2.75, 3.05) is 11.5 Å². The van der Waals surface area contributed by atoms with Gasteiger partial charge in [-0.3, -0.25) is 14.4 Å². The molecule has 3 aromatic rings. The number of amides is 2. The van der Waals surface area contributed by atoms with Crippen LogP contribution in [0.4, 0.5) is 10.1 Å². The van der Waals surface area contributed by atoms with E-state index in [1.165, 1.54) is 12.1 Å². The molecule has 0 atom stereocenters. The zero-order valence-corrected chi connectivity index (χ0v) is 15.8. The number of carbonyl (C=O) groups is 3. The number of hydrogen-bond donors (Lipinski definition) is 2. The molecule has 4 rings (SSSR count). The molecule has 8 heteroatoms. The number of imide groups is 1. The van der Waals surface area contributed by atoms with E-state index >= 15 is 0 Å². The molecule has 0 aliphatic carbocycles. The van der Waals surface area contributed by atoms with Crippen LogP contribution in [0.1, 0.15) is 33.2 Å². The van der Waals surface area contributed by atoms with Crippen molar-refractivity contribution in [3.05, 3.63) is 65.0 Å². The number of aromatic hydroxyl groups is 1. The summed E-state index contributed by atoms with van der Waals surface area (Å²) in [5.41, 5.74) is -0.449. The number of rotatable bonds is 5. The molecule has 0 spiro atoms. The number of fused-ring (bicyclic) bond motifs is 2. The number of aliphatic carboxylic acids is 1. The average Bonchev–Trinajstić information content (AvgIpc) is 2.97. The number of nitrogens with zero attached hydrogens (tertiary/aromatic N) is 1. The maximum Gasteiger partial charge on any atom is 0.307 e. The monoisotopic (exact) mass is 409 g/mol. The van der Waals surface area contributed by atoms with E-state index in [9.17, 15) is 23.9 Å². The van der Waals surface area contributed by atoms with Gasteiger partial charge in [-0.1, -0.05) is 30.3 Å². The quantitative estimate of drug-likeness (QED) is 0.625. The third-order valence-corrected chi connectivity index (χ3v) is 4.90. The van der Waals surface area contributed by atoms with Crippen LogP contribution in [-0.4, -0.2) is 34.6 Å². The summed E-state index contributed by atoms with van der Waals surface area (Å²) in [5, 5.41) is 20.4. The standard InChI is InChI=1S/C22H16FNO6/c1-2-30-20-14-6-4-3-5-13(14)19(27)17-18(20)22(29)24(21(17)28)12-8-7-11(9-16(25)26)15(23)10-12/h3-8,10,27H,2,9H2,1H3,(H,25,26). The van der Waals surface area contributed by atoms with Gasteiger partial charge in [0.2, 0.25) is 0 Å². The molecule has 1 aliphatic heterocycles. The minimum absolute atomic E-state index is 0.0706. The van der Waals surface area contributed by atoms with Crippen LogP contribution in [0.3, 0.4) is 0 Å². The van der Waals surface area contributed by atoms with Gasteiger partial charge in [-0.05, 0) is 24.6 Å². The molecule has 1 aliphatic rings. The van der Waals surface area contributed by atoms with E-state index in [0.29, 0.717) is 10.8 Å². The van der Waals surface area contributed by atoms with Crippen LogP contribution in [0.25, 0.3) is 10.8 Å². The molecule has 0 bridgehead atoms. The van der Waals surface area contributed by atoms with E-state index in [-0.39, 0.29) is 40.5 Å². The van der Waals surface area contributed by atoms with Crippen LogP contribution in [0, 0.1) is 5.82 Å². The molecule has 3 aromatic carbocycles. The van der Waals surface area contributed by atoms with Gasteiger partial charge in [-0.25, -0.2) is 9.29 Å². The van der Waals surface area contributed by atoms with Crippen molar-refractivity contribution >= 4 is 34.2 Å². The van der Waals surface area contributed by atoms with Gasteiger partial charge in [0.25, 0.3) is 11.8 Å². The number of ether oxygens (including phenoxy) is 1. The summed E-state index contributed by atoms with van der Waals surface area (Å²) < 4.78 is 20.0. The van der Waals surface area contributed by atoms with Gasteiger partial charge in [0, 0.05) is 10.8 Å². The fraction of sp³-hybridized carbons (Fsp3) is 0.136. The number of benzene rings is 3. The third-order valence-electron chi connectivity index (χ3n) is 4.90. The number of phenolic OH excluding ortho intramolecular Hbond substituents is 1. The maximum atomic E-state index is 14.4. The lowest BCUT2D eigenvalue weighted by Gasteiger charge is -2.15. The van der Waals surface area contributed by atoms with Crippen LogP contribution >= 0.6 is 0 Å². The number of halogens is 1. The Morgan fingerprint density at radius 3 is 2.37 bits per heavy atom. The van der Waals surface area contributed by atoms with Gasteiger partial charge >= 0.3 is 5.97 Å². The largest absolute Gasteiger partial charge is 0.506 e. The highest BCUT2D eigenvalue weighted by Crippen LogP contribution is 2.45. The average molecular weight is 409 g/mol. The summed E-state index contributed by atoms with van der Waals surface area (Å²) in [7, 11) is 0. The van der Waals surface area contributed by atoms with Gasteiger partial charge < -0.3 is 14.9 Å². The minimum atomic E-state index is -1.21. The molecule has 152 valence electrons. The van der Waals surface area contributed by atoms with Crippen molar-refractivity contribution in [2.24, 2.45) is 0 Å². The molecular formula is C22H16FNO6. The van der Waals surface area contributed by atoms with Crippen molar-refractivity contribution in [3.8, 4) is 11.5 Å². The summed E-state index contributed by atoms with van der Waals surface area (Å²) in [6, 6.07) is 10.1. The highest BCUT2D eigenvalue weighted by molar-refractivity contribution is 6.38. The van der Waals surface area contributed by atoms with Gasteiger partial charge in [-0.2, -0.15) is 0 Å². The Bertz CT molecular complexity index is 1240. The van der Waals surface area contributed by atoms with E-state index < -0.39 is 30.0 Å². The van der Waals surface area contributed by atoms with E-state index in [0.717, 1.165) is 11.0 Å². The fourth-order valence-corrected chi connectivity index (χ4v) is 3.63. The number of hydrogen-bond acceptors (Lipinski definition) is 5. The number of carbonyl (C=O) groups excluding carboxylic acids is 2. The lowest BCUT2D eigenvalue weighted by Crippen LogP contribution is -2.29. The summed E-state index contributed by atoms with van der Waals surface area (Å²) in [6.07, 6.45) is -0.533. The number of anilines is 1. The molecule has 7 nitrogen and oxygen atoms in total. The Hall–Kier alpha value is -3.94. The summed E-state index contributed by atoms with van der Waals surface area (Å²) in [4.78, 5) is 37.8. The predicted molar refractivity (Wildman–Crippen MR) is 106 cm³/mol. The van der Waals surface area contributed by atoms with Crippen molar-refractivity contribution in [3.63, 3.8) is 0 Å².